The normalized spacial score (nSPS) is 15.6. The fourth-order valence-electron chi connectivity index (χ4n) is 3.60. The summed E-state index contributed by atoms with van der Waals surface area (Å²) in [6.07, 6.45) is 0.130. The second kappa shape index (κ2) is 9.32. The van der Waals surface area contributed by atoms with E-state index in [1.54, 1.807) is 11.8 Å². The molecule has 2 aromatic carbocycles. The number of aryl methyl sites for hydroxylation is 2. The maximum Gasteiger partial charge on any atom is 0.281 e. The van der Waals surface area contributed by atoms with Crippen LogP contribution >= 0.6 is 11.3 Å². The Labute approximate surface area is 190 Å². The van der Waals surface area contributed by atoms with Crippen molar-refractivity contribution in [3.8, 4) is 10.6 Å². The van der Waals surface area contributed by atoms with Crippen LogP contribution in [0.15, 0.2) is 54.6 Å². The van der Waals surface area contributed by atoms with E-state index in [0.29, 0.717) is 23.7 Å². The highest BCUT2D eigenvalue weighted by atomic mass is 32.1. The Kier molecular flexibility index (Phi) is 6.32. The van der Waals surface area contributed by atoms with Gasteiger partial charge in [0.15, 0.2) is 0 Å². The fourth-order valence-corrected chi connectivity index (χ4v) is 4.57. The van der Waals surface area contributed by atoms with Crippen molar-refractivity contribution in [2.24, 2.45) is 5.92 Å². The lowest BCUT2D eigenvalue weighted by Gasteiger charge is -2.17. The fraction of sp³-hybridized carbons (Fsp3) is 0.250. The van der Waals surface area contributed by atoms with Crippen LogP contribution in [-0.4, -0.2) is 34.2 Å². The number of hydrogen-bond acceptors (Lipinski definition) is 5. The number of hydrogen-bond donors (Lipinski definition) is 2. The van der Waals surface area contributed by atoms with E-state index in [2.05, 4.69) is 15.8 Å². The van der Waals surface area contributed by atoms with Crippen LogP contribution in [0.2, 0.25) is 0 Å². The van der Waals surface area contributed by atoms with Gasteiger partial charge >= 0.3 is 0 Å². The Bertz CT molecular complexity index is 1140. The van der Waals surface area contributed by atoms with Crippen LogP contribution < -0.4 is 10.9 Å². The molecule has 2 N–H and O–H groups in total. The summed E-state index contributed by atoms with van der Waals surface area (Å²) in [6.45, 7) is 4.57. The van der Waals surface area contributed by atoms with Gasteiger partial charge < -0.3 is 4.90 Å². The average Bonchev–Trinajstić information content (AvgIpc) is 3.37. The Morgan fingerprint density at radius 1 is 1.06 bits per heavy atom. The molecule has 164 valence electrons. The van der Waals surface area contributed by atoms with Gasteiger partial charge in [-0.25, -0.2) is 4.98 Å². The molecule has 1 saturated heterocycles. The quantitative estimate of drug-likeness (QED) is 0.586. The second-order valence-corrected chi connectivity index (χ2v) is 8.90. The molecule has 0 radical (unpaired) electrons. The maximum atomic E-state index is 12.6. The van der Waals surface area contributed by atoms with Gasteiger partial charge in [0.1, 0.15) is 9.88 Å². The molecule has 32 heavy (non-hydrogen) atoms. The van der Waals surface area contributed by atoms with E-state index >= 15 is 0 Å². The highest BCUT2D eigenvalue weighted by molar-refractivity contribution is 7.17. The van der Waals surface area contributed by atoms with Gasteiger partial charge in [-0.15, -0.1) is 11.3 Å². The number of nitrogens with one attached hydrogen (secondary N) is 2. The first-order valence-electron chi connectivity index (χ1n) is 10.4. The van der Waals surface area contributed by atoms with Gasteiger partial charge in [-0.2, -0.15) is 0 Å². The van der Waals surface area contributed by atoms with Crippen molar-refractivity contribution in [1.29, 1.82) is 0 Å². The number of aromatic nitrogens is 1. The molecule has 0 saturated carbocycles. The topological polar surface area (TPSA) is 91.4 Å². The molecule has 3 amide bonds. The second-order valence-electron chi connectivity index (χ2n) is 7.90. The summed E-state index contributed by atoms with van der Waals surface area (Å²) in [7, 11) is 0. The number of thiazole rings is 1. The molecule has 7 nitrogen and oxygen atoms in total. The molecular formula is C24H24N4O3S. The molecule has 1 fully saturated rings. The van der Waals surface area contributed by atoms with Crippen LogP contribution in [0.25, 0.3) is 10.6 Å². The van der Waals surface area contributed by atoms with Crippen LogP contribution in [0.3, 0.4) is 0 Å². The first kappa shape index (κ1) is 21.7. The molecule has 1 aromatic heterocycles. The Morgan fingerprint density at radius 2 is 1.78 bits per heavy atom. The zero-order valence-electron chi connectivity index (χ0n) is 17.9. The van der Waals surface area contributed by atoms with Crippen molar-refractivity contribution in [2.45, 2.75) is 26.8 Å². The van der Waals surface area contributed by atoms with Crippen molar-refractivity contribution >= 4 is 29.1 Å². The molecule has 4 rings (SSSR count). The lowest BCUT2D eigenvalue weighted by Crippen LogP contribution is -2.45. The summed E-state index contributed by atoms with van der Waals surface area (Å²) >= 11 is 1.27. The number of amides is 3. The molecule has 1 aliphatic rings. The molecule has 3 aromatic rings. The molecule has 0 aliphatic carbocycles. The third-order valence-electron chi connectivity index (χ3n) is 5.40. The Balaban J connectivity index is 1.33. The number of nitrogens with zero attached hydrogens (tertiary/aromatic N) is 2. The number of carbonyl (C=O) groups is 3. The van der Waals surface area contributed by atoms with Crippen LogP contribution in [0.5, 0.6) is 0 Å². The van der Waals surface area contributed by atoms with Crippen molar-refractivity contribution in [3.63, 3.8) is 0 Å². The minimum Gasteiger partial charge on any atom is -0.338 e. The SMILES string of the molecule is Cc1ccc(CN2C[C@@H](C(=O)NNC(=O)c3sc(-c4ccccc4)nc3C)CC2=O)cc1. The summed E-state index contributed by atoms with van der Waals surface area (Å²) in [4.78, 5) is 44.1. The Hall–Kier alpha value is -3.52. The van der Waals surface area contributed by atoms with Gasteiger partial charge in [-0.1, -0.05) is 60.2 Å². The predicted octanol–water partition coefficient (Wildman–Crippen LogP) is 3.24. The lowest BCUT2D eigenvalue weighted by atomic mass is 10.1. The van der Waals surface area contributed by atoms with Crippen molar-refractivity contribution in [3.05, 3.63) is 76.3 Å². The number of carbonyl (C=O) groups excluding carboxylic acids is 3. The summed E-state index contributed by atoms with van der Waals surface area (Å²) in [5.41, 5.74) is 8.65. The van der Waals surface area contributed by atoms with Gasteiger partial charge in [0.05, 0.1) is 11.6 Å². The minimum atomic E-state index is -0.504. The van der Waals surface area contributed by atoms with E-state index in [9.17, 15) is 14.4 Å². The summed E-state index contributed by atoms with van der Waals surface area (Å²) in [5.74, 6) is -1.36. The minimum absolute atomic E-state index is 0.0668. The number of benzene rings is 2. The van der Waals surface area contributed by atoms with E-state index in [1.165, 1.54) is 11.3 Å². The van der Waals surface area contributed by atoms with Crippen LogP contribution in [0, 0.1) is 19.8 Å². The average molecular weight is 449 g/mol. The van der Waals surface area contributed by atoms with Gasteiger partial charge in [0, 0.05) is 25.1 Å². The molecule has 0 unspecified atom stereocenters. The highest BCUT2D eigenvalue weighted by Gasteiger charge is 2.34. The monoisotopic (exact) mass is 448 g/mol. The standard InChI is InChI=1S/C24H24N4O3S/c1-15-8-10-17(11-9-15)13-28-14-19(12-20(28)29)22(30)26-27-23(31)21-16(2)25-24(32-21)18-6-4-3-5-7-18/h3-11,19H,12-14H2,1-2H3,(H,26,30)(H,27,31)/t19-/m0/s1. The van der Waals surface area contributed by atoms with Crippen molar-refractivity contribution in [1.82, 2.24) is 20.7 Å². The highest BCUT2D eigenvalue weighted by Crippen LogP contribution is 2.27. The smallest absolute Gasteiger partial charge is 0.281 e. The zero-order chi connectivity index (χ0) is 22.7. The summed E-state index contributed by atoms with van der Waals surface area (Å²) < 4.78 is 0. The first-order chi connectivity index (χ1) is 15.4. The van der Waals surface area contributed by atoms with E-state index in [4.69, 9.17) is 0 Å². The molecule has 1 aliphatic heterocycles. The lowest BCUT2D eigenvalue weighted by molar-refractivity contribution is -0.129. The van der Waals surface area contributed by atoms with Crippen molar-refractivity contribution < 1.29 is 14.4 Å². The molecule has 8 heteroatoms. The predicted molar refractivity (Wildman–Crippen MR) is 123 cm³/mol. The van der Waals surface area contributed by atoms with Crippen molar-refractivity contribution in [2.75, 3.05) is 6.54 Å². The van der Waals surface area contributed by atoms with Gasteiger partial charge in [0.2, 0.25) is 11.8 Å². The number of rotatable bonds is 5. The Morgan fingerprint density at radius 3 is 2.50 bits per heavy atom. The number of hydrazine groups is 1. The molecule has 1 atom stereocenters. The van der Waals surface area contributed by atoms with Gasteiger partial charge in [-0.05, 0) is 19.4 Å². The molecule has 0 bridgehead atoms. The first-order valence-corrected chi connectivity index (χ1v) is 11.2. The number of likely N-dealkylation sites (tertiary alicyclic amines) is 1. The van der Waals surface area contributed by atoms with Gasteiger partial charge in [0.25, 0.3) is 5.91 Å². The van der Waals surface area contributed by atoms with E-state index < -0.39 is 11.8 Å². The van der Waals surface area contributed by atoms with Crippen LogP contribution in [0.1, 0.15) is 32.9 Å². The molecular weight excluding hydrogens is 424 g/mol. The zero-order valence-corrected chi connectivity index (χ0v) is 18.7. The third kappa shape index (κ3) is 4.86. The third-order valence-corrected chi connectivity index (χ3v) is 6.61. The molecule has 0 spiro atoms. The summed E-state index contributed by atoms with van der Waals surface area (Å²) in [6, 6.07) is 17.6. The molecule has 2 heterocycles. The summed E-state index contributed by atoms with van der Waals surface area (Å²) in [5, 5.41) is 0.743. The van der Waals surface area contributed by atoms with Crippen LogP contribution in [-0.2, 0) is 16.1 Å². The van der Waals surface area contributed by atoms with E-state index in [1.807, 2.05) is 61.5 Å². The van der Waals surface area contributed by atoms with E-state index in [0.717, 1.165) is 21.7 Å². The van der Waals surface area contributed by atoms with Crippen LogP contribution in [0.4, 0.5) is 0 Å². The largest absolute Gasteiger partial charge is 0.338 e. The van der Waals surface area contributed by atoms with Gasteiger partial charge in [-0.3, -0.25) is 25.2 Å². The van der Waals surface area contributed by atoms with E-state index in [-0.39, 0.29) is 18.2 Å². The maximum absolute atomic E-state index is 12.6.